The number of benzene rings is 3. The first-order valence-electron chi connectivity index (χ1n) is 8.02. The van der Waals surface area contributed by atoms with E-state index in [-0.39, 0.29) is 11.6 Å². The Morgan fingerprint density at radius 2 is 0.885 bits per heavy atom. The molecule has 126 valence electrons. The fourth-order valence-corrected chi connectivity index (χ4v) is 2.61. The predicted molar refractivity (Wildman–Crippen MR) is 96.1 cm³/mol. The number of hydrogen-bond donors (Lipinski definition) is 0. The van der Waals surface area contributed by atoms with Gasteiger partial charge in [0.15, 0.2) is 17.5 Å². The summed E-state index contributed by atoms with van der Waals surface area (Å²) in [4.78, 5) is 13.4. The molecular weight excluding hydrogens is 332 g/mol. The molecule has 4 rings (SSSR count). The fourth-order valence-electron chi connectivity index (χ4n) is 2.61. The highest BCUT2D eigenvalue weighted by Crippen LogP contribution is 2.25. The number of halogens is 2. The van der Waals surface area contributed by atoms with Crippen LogP contribution in [0.2, 0.25) is 0 Å². The van der Waals surface area contributed by atoms with E-state index in [4.69, 9.17) is 0 Å². The lowest BCUT2D eigenvalue weighted by Crippen LogP contribution is -2.00. The molecule has 3 nitrogen and oxygen atoms in total. The Labute approximate surface area is 149 Å². The zero-order chi connectivity index (χ0) is 17.9. The summed E-state index contributed by atoms with van der Waals surface area (Å²) in [6.45, 7) is 0. The third-order valence-electron chi connectivity index (χ3n) is 3.83. The molecule has 1 heterocycles. The fraction of sp³-hybridized carbons (Fsp3) is 0. The Morgan fingerprint density at radius 3 is 1.35 bits per heavy atom. The lowest BCUT2D eigenvalue weighted by atomic mass is 10.1. The summed E-state index contributed by atoms with van der Waals surface area (Å²) in [6.07, 6.45) is 0. The third-order valence-corrected chi connectivity index (χ3v) is 3.83. The Bertz CT molecular complexity index is 1000. The minimum Gasteiger partial charge on any atom is -0.208 e. The van der Waals surface area contributed by atoms with E-state index < -0.39 is 0 Å². The van der Waals surface area contributed by atoms with E-state index in [1.54, 1.807) is 24.3 Å². The second-order valence-electron chi connectivity index (χ2n) is 5.69. The Kier molecular flexibility index (Phi) is 4.19. The van der Waals surface area contributed by atoms with Gasteiger partial charge < -0.3 is 0 Å². The maximum Gasteiger partial charge on any atom is 0.164 e. The van der Waals surface area contributed by atoms with Gasteiger partial charge in [0.05, 0.1) is 0 Å². The minimum absolute atomic E-state index is 0.331. The molecule has 0 spiro atoms. The summed E-state index contributed by atoms with van der Waals surface area (Å²) in [6, 6.07) is 21.5. The molecule has 5 heteroatoms. The van der Waals surface area contributed by atoms with Crippen molar-refractivity contribution in [3.8, 4) is 34.2 Å². The smallest absolute Gasteiger partial charge is 0.164 e. The van der Waals surface area contributed by atoms with E-state index in [1.807, 2.05) is 30.3 Å². The van der Waals surface area contributed by atoms with Crippen LogP contribution < -0.4 is 0 Å². The average Bonchev–Trinajstić information content (AvgIpc) is 2.68. The van der Waals surface area contributed by atoms with Crippen molar-refractivity contribution < 1.29 is 8.78 Å². The van der Waals surface area contributed by atoms with Crippen LogP contribution in [0.5, 0.6) is 0 Å². The standard InChI is InChI=1S/C21H13F2N3/c22-17-10-4-8-15(12-17)20-24-19(14-6-2-1-3-7-14)25-21(26-20)16-9-5-11-18(23)13-16/h1-13H. The van der Waals surface area contributed by atoms with Gasteiger partial charge >= 0.3 is 0 Å². The summed E-state index contributed by atoms with van der Waals surface area (Å²) in [5.41, 5.74) is 1.86. The highest BCUT2D eigenvalue weighted by Gasteiger charge is 2.12. The predicted octanol–water partition coefficient (Wildman–Crippen LogP) is 5.15. The molecular formula is C21H13F2N3. The Balaban J connectivity index is 1.93. The molecule has 0 fully saturated rings. The normalized spacial score (nSPS) is 10.7. The van der Waals surface area contributed by atoms with Gasteiger partial charge in [0.1, 0.15) is 11.6 Å². The second-order valence-corrected chi connectivity index (χ2v) is 5.69. The summed E-state index contributed by atoms with van der Waals surface area (Å²) in [7, 11) is 0. The molecule has 26 heavy (non-hydrogen) atoms. The molecule has 1 aromatic heterocycles. The molecule has 0 unspecified atom stereocenters. The highest BCUT2D eigenvalue weighted by molar-refractivity contribution is 5.66. The van der Waals surface area contributed by atoms with Gasteiger partial charge in [-0.25, -0.2) is 23.7 Å². The summed E-state index contributed by atoms with van der Waals surface area (Å²) < 4.78 is 27.3. The van der Waals surface area contributed by atoms with Crippen molar-refractivity contribution in [2.45, 2.75) is 0 Å². The monoisotopic (exact) mass is 345 g/mol. The molecule has 0 saturated carbocycles. The van der Waals surface area contributed by atoms with Crippen LogP contribution >= 0.6 is 0 Å². The lowest BCUT2D eigenvalue weighted by Gasteiger charge is -2.08. The first kappa shape index (κ1) is 16.0. The van der Waals surface area contributed by atoms with Gasteiger partial charge in [-0.05, 0) is 24.3 Å². The van der Waals surface area contributed by atoms with Crippen LogP contribution in [-0.2, 0) is 0 Å². The number of aromatic nitrogens is 3. The van der Waals surface area contributed by atoms with E-state index in [0.29, 0.717) is 28.6 Å². The van der Waals surface area contributed by atoms with Gasteiger partial charge in [-0.1, -0.05) is 54.6 Å². The molecule has 0 radical (unpaired) electrons. The Morgan fingerprint density at radius 1 is 0.462 bits per heavy atom. The number of rotatable bonds is 3. The summed E-state index contributed by atoms with van der Waals surface area (Å²) >= 11 is 0. The first-order valence-corrected chi connectivity index (χ1v) is 8.02. The van der Waals surface area contributed by atoms with Crippen LogP contribution in [0.25, 0.3) is 34.2 Å². The van der Waals surface area contributed by atoms with Crippen molar-refractivity contribution in [1.29, 1.82) is 0 Å². The quantitative estimate of drug-likeness (QED) is 0.515. The van der Waals surface area contributed by atoms with Gasteiger partial charge in [0.2, 0.25) is 0 Å². The van der Waals surface area contributed by atoms with Gasteiger partial charge in [-0.2, -0.15) is 0 Å². The van der Waals surface area contributed by atoms with Gasteiger partial charge in [0.25, 0.3) is 0 Å². The van der Waals surface area contributed by atoms with Crippen molar-refractivity contribution in [2.24, 2.45) is 0 Å². The molecule has 0 amide bonds. The van der Waals surface area contributed by atoms with Gasteiger partial charge in [-0.3, -0.25) is 0 Å². The first-order chi connectivity index (χ1) is 12.7. The van der Waals surface area contributed by atoms with Crippen LogP contribution in [0.15, 0.2) is 78.9 Å². The van der Waals surface area contributed by atoms with Crippen molar-refractivity contribution in [3.05, 3.63) is 90.5 Å². The Hall–Kier alpha value is -3.47. The average molecular weight is 345 g/mol. The molecule has 4 aromatic rings. The summed E-state index contributed by atoms with van der Waals surface area (Å²) in [5, 5.41) is 0. The maximum atomic E-state index is 13.6. The lowest BCUT2D eigenvalue weighted by molar-refractivity contribution is 0.628. The third kappa shape index (κ3) is 3.32. The van der Waals surface area contributed by atoms with Crippen molar-refractivity contribution in [3.63, 3.8) is 0 Å². The van der Waals surface area contributed by atoms with E-state index in [1.165, 1.54) is 24.3 Å². The van der Waals surface area contributed by atoms with Crippen LogP contribution in [0.3, 0.4) is 0 Å². The van der Waals surface area contributed by atoms with E-state index >= 15 is 0 Å². The van der Waals surface area contributed by atoms with Crippen LogP contribution in [0.1, 0.15) is 0 Å². The molecule has 0 saturated heterocycles. The molecule has 0 aliphatic rings. The molecule has 0 atom stereocenters. The minimum atomic E-state index is -0.378. The summed E-state index contributed by atoms with van der Waals surface area (Å²) in [5.74, 6) is 0.349. The van der Waals surface area contributed by atoms with Crippen molar-refractivity contribution >= 4 is 0 Å². The highest BCUT2D eigenvalue weighted by atomic mass is 19.1. The second kappa shape index (κ2) is 6.80. The van der Waals surface area contributed by atoms with Crippen LogP contribution in [0.4, 0.5) is 8.78 Å². The van der Waals surface area contributed by atoms with E-state index in [9.17, 15) is 8.78 Å². The van der Waals surface area contributed by atoms with Crippen molar-refractivity contribution in [1.82, 2.24) is 15.0 Å². The number of nitrogens with zero attached hydrogens (tertiary/aromatic N) is 3. The molecule has 0 N–H and O–H groups in total. The van der Waals surface area contributed by atoms with E-state index in [0.717, 1.165) is 5.56 Å². The largest absolute Gasteiger partial charge is 0.208 e. The zero-order valence-electron chi connectivity index (χ0n) is 13.6. The molecule has 0 aliphatic carbocycles. The van der Waals surface area contributed by atoms with Gasteiger partial charge in [-0.15, -0.1) is 0 Å². The zero-order valence-corrected chi connectivity index (χ0v) is 13.6. The SMILES string of the molecule is Fc1cccc(-c2nc(-c3ccccc3)nc(-c3cccc(F)c3)n2)c1. The molecule has 3 aromatic carbocycles. The van der Waals surface area contributed by atoms with Crippen LogP contribution in [0, 0.1) is 11.6 Å². The molecule has 0 bridgehead atoms. The number of hydrogen-bond acceptors (Lipinski definition) is 3. The van der Waals surface area contributed by atoms with E-state index in [2.05, 4.69) is 15.0 Å². The maximum absolute atomic E-state index is 13.6. The topological polar surface area (TPSA) is 38.7 Å². The van der Waals surface area contributed by atoms with Gasteiger partial charge in [0, 0.05) is 16.7 Å². The molecule has 0 aliphatic heterocycles. The van der Waals surface area contributed by atoms with Crippen molar-refractivity contribution in [2.75, 3.05) is 0 Å². The van der Waals surface area contributed by atoms with Crippen LogP contribution in [-0.4, -0.2) is 15.0 Å².